The molecule has 11 heteroatoms. The summed E-state index contributed by atoms with van der Waals surface area (Å²) in [5, 5.41) is 2.49. The van der Waals surface area contributed by atoms with Crippen LogP contribution in [0.3, 0.4) is 0 Å². The number of pyridine rings is 1. The lowest BCUT2D eigenvalue weighted by Gasteiger charge is -2.29. The minimum absolute atomic E-state index is 0.00963. The van der Waals surface area contributed by atoms with Gasteiger partial charge in [-0.2, -0.15) is 0 Å². The van der Waals surface area contributed by atoms with Gasteiger partial charge in [0.2, 0.25) is 0 Å². The summed E-state index contributed by atoms with van der Waals surface area (Å²) in [5.74, 6) is -4.88. The van der Waals surface area contributed by atoms with Gasteiger partial charge >= 0.3 is 23.9 Å². The van der Waals surface area contributed by atoms with Crippen LogP contribution < -0.4 is 10.1 Å². The van der Waals surface area contributed by atoms with Crippen molar-refractivity contribution < 1.29 is 42.9 Å². The third-order valence-electron chi connectivity index (χ3n) is 6.82. The topological polar surface area (TPSA) is 147 Å². The summed E-state index contributed by atoms with van der Waals surface area (Å²) in [6, 6.07) is 0.238. The van der Waals surface area contributed by atoms with E-state index in [-0.39, 0.29) is 23.8 Å². The average molecular weight is 533 g/mol. The molecule has 3 rings (SSSR count). The predicted molar refractivity (Wildman–Crippen MR) is 133 cm³/mol. The van der Waals surface area contributed by atoms with Gasteiger partial charge in [0.25, 0.3) is 5.91 Å². The van der Waals surface area contributed by atoms with E-state index in [1.807, 2.05) is 0 Å². The van der Waals surface area contributed by atoms with E-state index in [1.165, 1.54) is 13.1 Å². The Morgan fingerprint density at radius 2 is 1.84 bits per heavy atom. The molecule has 1 aliphatic carbocycles. The van der Waals surface area contributed by atoms with Crippen molar-refractivity contribution in [3.8, 4) is 5.75 Å². The molecule has 1 amide bonds. The van der Waals surface area contributed by atoms with Crippen LogP contribution >= 0.6 is 0 Å². The first kappa shape index (κ1) is 29.1. The number of hydrogen-bond acceptors (Lipinski definition) is 10. The second-order valence-corrected chi connectivity index (χ2v) is 10.1. The van der Waals surface area contributed by atoms with Crippen molar-refractivity contribution in [3.05, 3.63) is 23.5 Å². The van der Waals surface area contributed by atoms with Crippen LogP contribution in [0.2, 0.25) is 0 Å². The quantitative estimate of drug-likeness (QED) is 0.410. The Hall–Kier alpha value is -3.50. The van der Waals surface area contributed by atoms with Gasteiger partial charge in [0.15, 0.2) is 23.6 Å². The number of amides is 1. The van der Waals surface area contributed by atoms with Gasteiger partial charge < -0.3 is 24.3 Å². The smallest absolute Gasteiger partial charge is 0.332 e. The van der Waals surface area contributed by atoms with Gasteiger partial charge in [-0.3, -0.25) is 19.2 Å². The van der Waals surface area contributed by atoms with Gasteiger partial charge in [0.05, 0.1) is 17.8 Å². The highest BCUT2D eigenvalue weighted by Crippen LogP contribution is 2.29. The van der Waals surface area contributed by atoms with Crippen LogP contribution in [0.5, 0.6) is 5.75 Å². The molecule has 1 aromatic rings. The highest BCUT2D eigenvalue weighted by molar-refractivity contribution is 5.98. The summed E-state index contributed by atoms with van der Waals surface area (Å²) in [6.45, 7) is 7.72. The van der Waals surface area contributed by atoms with Crippen LogP contribution in [0.25, 0.3) is 0 Å². The van der Waals surface area contributed by atoms with E-state index >= 15 is 0 Å². The van der Waals surface area contributed by atoms with E-state index < -0.39 is 66.5 Å². The van der Waals surface area contributed by atoms with E-state index in [0.717, 1.165) is 25.7 Å². The van der Waals surface area contributed by atoms with Gasteiger partial charge in [0.1, 0.15) is 12.7 Å². The Bertz CT molecular complexity index is 1060. The van der Waals surface area contributed by atoms with Crippen LogP contribution in [0.4, 0.5) is 0 Å². The van der Waals surface area contributed by atoms with Crippen molar-refractivity contribution in [2.24, 2.45) is 17.8 Å². The van der Waals surface area contributed by atoms with Crippen molar-refractivity contribution in [1.29, 1.82) is 0 Å². The minimum Gasteiger partial charge on any atom is -0.463 e. The van der Waals surface area contributed by atoms with Crippen LogP contribution in [-0.2, 0) is 33.4 Å². The third-order valence-corrected chi connectivity index (χ3v) is 6.82. The van der Waals surface area contributed by atoms with Crippen molar-refractivity contribution >= 4 is 29.8 Å². The Labute approximate surface area is 221 Å². The van der Waals surface area contributed by atoms with E-state index in [2.05, 4.69) is 10.3 Å². The number of carbonyl (C=O) groups excluding carboxylic acids is 5. The summed E-state index contributed by atoms with van der Waals surface area (Å²) < 4.78 is 21.9. The third kappa shape index (κ3) is 6.87. The fourth-order valence-electron chi connectivity index (χ4n) is 4.49. The Balaban J connectivity index is 1.79. The molecule has 1 N–H and O–H groups in total. The largest absolute Gasteiger partial charge is 0.463 e. The lowest BCUT2D eigenvalue weighted by atomic mass is 9.95. The van der Waals surface area contributed by atoms with Crippen molar-refractivity contribution in [2.45, 2.75) is 85.0 Å². The first-order valence-electron chi connectivity index (χ1n) is 13.1. The molecular formula is C27H36N2O9. The Morgan fingerprint density at radius 1 is 1.16 bits per heavy atom. The van der Waals surface area contributed by atoms with E-state index in [0.29, 0.717) is 5.56 Å². The number of aryl methyl sites for hydroxylation is 1. The number of hydrogen-bond donors (Lipinski definition) is 1. The molecule has 1 saturated heterocycles. The molecule has 2 aliphatic rings. The molecule has 0 aromatic carbocycles. The maximum absolute atomic E-state index is 13.2. The molecule has 4 atom stereocenters. The number of nitrogens with one attached hydrogen (secondary N) is 1. The molecule has 1 aliphatic heterocycles. The molecule has 208 valence electrons. The second kappa shape index (κ2) is 12.8. The highest BCUT2D eigenvalue weighted by Gasteiger charge is 2.41. The van der Waals surface area contributed by atoms with Crippen LogP contribution in [-0.4, -0.2) is 59.6 Å². The van der Waals surface area contributed by atoms with Gasteiger partial charge in [-0.1, -0.05) is 33.6 Å². The summed E-state index contributed by atoms with van der Waals surface area (Å²) in [4.78, 5) is 68.0. The van der Waals surface area contributed by atoms with Crippen LogP contribution in [0.15, 0.2) is 12.3 Å². The summed E-state index contributed by atoms with van der Waals surface area (Å²) in [6.07, 6.45) is 2.96. The maximum Gasteiger partial charge on any atom is 0.332 e. The van der Waals surface area contributed by atoms with Crippen molar-refractivity contribution in [1.82, 2.24) is 10.3 Å². The van der Waals surface area contributed by atoms with Gasteiger partial charge in [0, 0.05) is 6.20 Å². The highest BCUT2D eigenvalue weighted by atomic mass is 16.6. The SMILES string of the molecule is CC[C@H]1C(=O)OC[C@H](NC(=O)c2nccc(C)c2OC(=O)C2CCCC2)C(=O)O[C@@H](C)[C@@H]1OC(=O)C(C)C. The molecule has 38 heavy (non-hydrogen) atoms. The number of cyclic esters (lactones) is 2. The van der Waals surface area contributed by atoms with Gasteiger partial charge in [-0.25, -0.2) is 9.78 Å². The lowest BCUT2D eigenvalue weighted by molar-refractivity contribution is -0.176. The summed E-state index contributed by atoms with van der Waals surface area (Å²) in [7, 11) is 0. The zero-order chi connectivity index (χ0) is 28.0. The fraction of sp³-hybridized carbons (Fsp3) is 0.630. The molecule has 0 bridgehead atoms. The average Bonchev–Trinajstić information content (AvgIpc) is 3.42. The number of ether oxygens (including phenoxy) is 4. The molecule has 1 saturated carbocycles. The predicted octanol–water partition coefficient (Wildman–Crippen LogP) is 2.67. The molecule has 1 aromatic heterocycles. The first-order valence-corrected chi connectivity index (χ1v) is 13.1. The Kier molecular flexibility index (Phi) is 9.82. The molecule has 2 fully saturated rings. The van der Waals surface area contributed by atoms with Crippen LogP contribution in [0, 0.1) is 24.7 Å². The number of carbonyl (C=O) groups is 5. The fourth-order valence-corrected chi connectivity index (χ4v) is 4.49. The zero-order valence-corrected chi connectivity index (χ0v) is 22.5. The number of esters is 4. The normalized spacial score (nSPS) is 24.5. The van der Waals surface area contributed by atoms with Gasteiger partial charge in [-0.15, -0.1) is 0 Å². The summed E-state index contributed by atoms with van der Waals surface area (Å²) >= 11 is 0. The minimum atomic E-state index is -1.37. The number of aromatic nitrogens is 1. The molecule has 0 radical (unpaired) electrons. The lowest BCUT2D eigenvalue weighted by Crippen LogP contribution is -2.47. The van der Waals surface area contributed by atoms with Gasteiger partial charge in [-0.05, 0) is 44.7 Å². The van der Waals surface area contributed by atoms with E-state index in [1.54, 1.807) is 33.8 Å². The molecule has 2 heterocycles. The maximum atomic E-state index is 13.2. The Morgan fingerprint density at radius 3 is 2.47 bits per heavy atom. The number of rotatable bonds is 7. The monoisotopic (exact) mass is 532 g/mol. The second-order valence-electron chi connectivity index (χ2n) is 10.1. The van der Waals surface area contributed by atoms with E-state index in [9.17, 15) is 24.0 Å². The molecular weight excluding hydrogens is 496 g/mol. The van der Waals surface area contributed by atoms with Crippen molar-refractivity contribution in [3.63, 3.8) is 0 Å². The molecule has 11 nitrogen and oxygen atoms in total. The van der Waals surface area contributed by atoms with Crippen LogP contribution in [0.1, 0.15) is 75.9 Å². The number of nitrogens with zero attached hydrogens (tertiary/aromatic N) is 1. The standard InChI is InChI=1S/C27H36N2O9/c1-6-18-22(38-24(31)14(2)3)16(5)36-27(34)19(13-35-26(18)33)29-23(30)20-21(15(4)11-12-28-20)37-25(32)17-9-7-8-10-17/h11-12,14,16-19,22H,6-10,13H2,1-5H3,(H,29,30)/t16-,18+,19-,22-/m0/s1. The molecule has 0 unspecified atom stereocenters. The first-order chi connectivity index (χ1) is 18.0. The molecule has 0 spiro atoms. The summed E-state index contributed by atoms with van der Waals surface area (Å²) in [5.41, 5.74) is 0.341. The van der Waals surface area contributed by atoms with E-state index in [4.69, 9.17) is 18.9 Å². The van der Waals surface area contributed by atoms with Crippen molar-refractivity contribution in [2.75, 3.05) is 6.61 Å². The zero-order valence-electron chi connectivity index (χ0n) is 22.5.